The molecule has 2 amide bonds. The van der Waals surface area contributed by atoms with Crippen LogP contribution in [0.3, 0.4) is 0 Å². The second-order valence-electron chi connectivity index (χ2n) is 4.42. The Labute approximate surface area is 113 Å². The van der Waals surface area contributed by atoms with Crippen molar-refractivity contribution in [2.24, 2.45) is 5.92 Å². The van der Waals surface area contributed by atoms with Crippen LogP contribution in [0.4, 0.5) is 4.79 Å². The number of thioether (sulfide) groups is 1. The number of hydrogen-bond donors (Lipinski definition) is 3. The topological polar surface area (TPSA) is 78.4 Å². The number of rotatable bonds is 8. The van der Waals surface area contributed by atoms with E-state index in [0.29, 0.717) is 0 Å². The summed E-state index contributed by atoms with van der Waals surface area (Å²) in [5.74, 6) is 0.586. The molecule has 0 saturated heterocycles. The number of carboxylic acid groups (broad SMARTS) is 1. The number of amides is 2. The van der Waals surface area contributed by atoms with Crippen molar-refractivity contribution in [2.45, 2.75) is 46.2 Å². The Hall–Kier alpha value is -0.910. The zero-order valence-electron chi connectivity index (χ0n) is 11.5. The van der Waals surface area contributed by atoms with Gasteiger partial charge in [0.2, 0.25) is 0 Å². The molecule has 3 unspecified atom stereocenters. The van der Waals surface area contributed by atoms with Crippen LogP contribution in [0, 0.1) is 5.92 Å². The van der Waals surface area contributed by atoms with Gasteiger partial charge in [-0.3, -0.25) is 4.79 Å². The predicted molar refractivity (Wildman–Crippen MR) is 75.0 cm³/mol. The Bertz CT molecular complexity index is 274. The molecule has 0 aliphatic rings. The summed E-state index contributed by atoms with van der Waals surface area (Å²) in [6.07, 6.45) is 0.911. The normalized spacial score (nSPS) is 15.6. The summed E-state index contributed by atoms with van der Waals surface area (Å²) in [4.78, 5) is 22.3. The molecule has 0 saturated carbocycles. The van der Waals surface area contributed by atoms with Crippen LogP contribution in [0.25, 0.3) is 0 Å². The lowest BCUT2D eigenvalue weighted by molar-refractivity contribution is -0.141. The van der Waals surface area contributed by atoms with Gasteiger partial charge in [-0.1, -0.05) is 6.92 Å². The largest absolute Gasteiger partial charge is 0.481 e. The van der Waals surface area contributed by atoms with Crippen molar-refractivity contribution in [3.8, 4) is 0 Å². The van der Waals surface area contributed by atoms with E-state index >= 15 is 0 Å². The first-order chi connectivity index (χ1) is 8.38. The Morgan fingerprint density at radius 2 is 1.83 bits per heavy atom. The molecular weight excluding hydrogens is 252 g/mol. The lowest BCUT2D eigenvalue weighted by Crippen LogP contribution is -2.47. The van der Waals surface area contributed by atoms with E-state index in [1.807, 2.05) is 18.7 Å². The highest BCUT2D eigenvalue weighted by Crippen LogP contribution is 2.04. The zero-order chi connectivity index (χ0) is 14.1. The molecule has 3 atom stereocenters. The van der Waals surface area contributed by atoms with Crippen molar-refractivity contribution in [1.82, 2.24) is 10.6 Å². The molecule has 0 spiro atoms. The van der Waals surface area contributed by atoms with E-state index in [-0.39, 0.29) is 18.1 Å². The summed E-state index contributed by atoms with van der Waals surface area (Å²) in [5.41, 5.74) is 0. The molecule has 0 bridgehead atoms. The van der Waals surface area contributed by atoms with Crippen LogP contribution in [0.15, 0.2) is 0 Å². The number of aliphatic carboxylic acids is 1. The molecule has 18 heavy (non-hydrogen) atoms. The van der Waals surface area contributed by atoms with Crippen molar-refractivity contribution in [3.63, 3.8) is 0 Å². The second-order valence-corrected chi connectivity index (χ2v) is 5.81. The molecule has 0 radical (unpaired) electrons. The van der Waals surface area contributed by atoms with E-state index in [2.05, 4.69) is 17.6 Å². The maximum atomic E-state index is 11.6. The van der Waals surface area contributed by atoms with Crippen LogP contribution < -0.4 is 10.6 Å². The molecular formula is C12H24N2O3S. The fourth-order valence-corrected chi connectivity index (χ4v) is 2.10. The van der Waals surface area contributed by atoms with Gasteiger partial charge >= 0.3 is 12.0 Å². The molecule has 0 aromatic carbocycles. The highest BCUT2D eigenvalue weighted by atomic mass is 32.2. The molecule has 5 nitrogen and oxygen atoms in total. The van der Waals surface area contributed by atoms with Crippen LogP contribution in [0.1, 0.15) is 34.1 Å². The Balaban J connectivity index is 3.92. The fourth-order valence-electron chi connectivity index (χ4n) is 1.29. The zero-order valence-corrected chi connectivity index (χ0v) is 12.3. The average molecular weight is 276 g/mol. The molecule has 3 N–H and O–H groups in total. The van der Waals surface area contributed by atoms with Gasteiger partial charge in [-0.05, 0) is 38.7 Å². The van der Waals surface area contributed by atoms with Crippen molar-refractivity contribution in [1.29, 1.82) is 0 Å². The van der Waals surface area contributed by atoms with E-state index in [9.17, 15) is 9.59 Å². The maximum absolute atomic E-state index is 11.6. The minimum atomic E-state index is -0.907. The van der Waals surface area contributed by atoms with E-state index in [1.165, 1.54) is 0 Å². The van der Waals surface area contributed by atoms with Gasteiger partial charge in [-0.25, -0.2) is 4.79 Å². The SMILES string of the molecule is CCSCCC(C)NC(=O)NC(C)C(C)C(=O)O. The standard InChI is InChI=1S/C12H24N2O3S/c1-5-18-7-6-8(2)13-12(17)14-10(4)9(3)11(15)16/h8-10H,5-7H2,1-4H3,(H,15,16)(H2,13,14,17). The molecule has 0 aliphatic heterocycles. The number of carboxylic acids is 1. The van der Waals surface area contributed by atoms with Crippen LogP contribution in [-0.4, -0.2) is 40.7 Å². The van der Waals surface area contributed by atoms with E-state index in [0.717, 1.165) is 17.9 Å². The number of hydrogen-bond acceptors (Lipinski definition) is 3. The first-order valence-electron chi connectivity index (χ1n) is 6.26. The predicted octanol–water partition coefficient (Wildman–Crippen LogP) is 1.93. The Morgan fingerprint density at radius 1 is 1.22 bits per heavy atom. The molecule has 0 rings (SSSR count). The summed E-state index contributed by atoms with van der Waals surface area (Å²) >= 11 is 1.84. The van der Waals surface area contributed by atoms with Crippen LogP contribution >= 0.6 is 11.8 Å². The Kier molecular flexibility index (Phi) is 8.62. The van der Waals surface area contributed by atoms with Gasteiger partial charge in [0.25, 0.3) is 0 Å². The van der Waals surface area contributed by atoms with Gasteiger partial charge in [-0.15, -0.1) is 0 Å². The van der Waals surface area contributed by atoms with E-state index in [4.69, 9.17) is 5.11 Å². The second kappa shape index (κ2) is 9.08. The molecule has 0 aromatic heterocycles. The van der Waals surface area contributed by atoms with Crippen LogP contribution in [0.5, 0.6) is 0 Å². The van der Waals surface area contributed by atoms with E-state index < -0.39 is 11.9 Å². The first kappa shape index (κ1) is 17.1. The van der Waals surface area contributed by atoms with Gasteiger partial charge in [-0.2, -0.15) is 11.8 Å². The first-order valence-corrected chi connectivity index (χ1v) is 7.41. The summed E-state index contributed by atoms with van der Waals surface area (Å²) in [6, 6.07) is -0.597. The van der Waals surface area contributed by atoms with Gasteiger partial charge in [0, 0.05) is 12.1 Å². The lowest BCUT2D eigenvalue weighted by Gasteiger charge is -2.20. The third kappa shape index (κ3) is 7.42. The van der Waals surface area contributed by atoms with Crippen molar-refractivity contribution >= 4 is 23.8 Å². The third-order valence-corrected chi connectivity index (χ3v) is 3.71. The molecule has 6 heteroatoms. The number of carbonyl (C=O) groups is 2. The van der Waals surface area contributed by atoms with Crippen LogP contribution in [-0.2, 0) is 4.79 Å². The molecule has 0 fully saturated rings. The number of nitrogens with one attached hydrogen (secondary N) is 2. The molecule has 106 valence electrons. The Morgan fingerprint density at radius 3 is 2.33 bits per heavy atom. The molecule has 0 aromatic rings. The quantitative estimate of drug-likeness (QED) is 0.592. The lowest BCUT2D eigenvalue weighted by atomic mass is 10.0. The van der Waals surface area contributed by atoms with Crippen LogP contribution in [0.2, 0.25) is 0 Å². The fraction of sp³-hybridized carbons (Fsp3) is 0.833. The van der Waals surface area contributed by atoms with Crippen molar-refractivity contribution in [3.05, 3.63) is 0 Å². The monoisotopic (exact) mass is 276 g/mol. The van der Waals surface area contributed by atoms with Gasteiger partial charge in [0.05, 0.1) is 5.92 Å². The van der Waals surface area contributed by atoms with Crippen molar-refractivity contribution in [2.75, 3.05) is 11.5 Å². The minimum Gasteiger partial charge on any atom is -0.481 e. The number of carbonyl (C=O) groups excluding carboxylic acids is 1. The van der Waals surface area contributed by atoms with E-state index in [1.54, 1.807) is 13.8 Å². The number of urea groups is 1. The summed E-state index contributed by atoms with van der Waals surface area (Å²) in [5, 5.41) is 14.3. The smallest absolute Gasteiger partial charge is 0.315 e. The summed E-state index contributed by atoms with van der Waals surface area (Å²) in [6.45, 7) is 7.32. The highest BCUT2D eigenvalue weighted by Gasteiger charge is 2.21. The van der Waals surface area contributed by atoms with Gasteiger partial charge in [0.1, 0.15) is 0 Å². The molecule has 0 aliphatic carbocycles. The molecule has 0 heterocycles. The summed E-state index contributed by atoms with van der Waals surface area (Å²) in [7, 11) is 0. The highest BCUT2D eigenvalue weighted by molar-refractivity contribution is 7.99. The van der Waals surface area contributed by atoms with Crippen molar-refractivity contribution < 1.29 is 14.7 Å². The average Bonchev–Trinajstić information content (AvgIpc) is 2.27. The maximum Gasteiger partial charge on any atom is 0.315 e. The third-order valence-electron chi connectivity index (χ3n) is 2.78. The van der Waals surface area contributed by atoms with Gasteiger partial charge < -0.3 is 15.7 Å². The summed E-state index contributed by atoms with van der Waals surface area (Å²) < 4.78 is 0. The van der Waals surface area contributed by atoms with Gasteiger partial charge in [0.15, 0.2) is 0 Å². The minimum absolute atomic E-state index is 0.0939.